The maximum atomic E-state index is 13.2. The van der Waals surface area contributed by atoms with E-state index >= 15 is 0 Å². The highest BCUT2D eigenvalue weighted by atomic mass is 19.1. The predicted octanol–water partition coefficient (Wildman–Crippen LogP) is 2.52. The van der Waals surface area contributed by atoms with E-state index in [0.29, 0.717) is 6.54 Å². The molecule has 3 rings (SSSR count). The maximum absolute atomic E-state index is 13.2. The van der Waals surface area contributed by atoms with Gasteiger partial charge in [-0.25, -0.2) is 4.39 Å². The summed E-state index contributed by atoms with van der Waals surface area (Å²) in [5, 5.41) is 5.43. The van der Waals surface area contributed by atoms with E-state index in [2.05, 4.69) is 15.5 Å². The molecule has 2 N–H and O–H groups in total. The van der Waals surface area contributed by atoms with Crippen LogP contribution < -0.4 is 15.4 Å². The van der Waals surface area contributed by atoms with E-state index in [1.807, 2.05) is 24.3 Å². The molecule has 0 radical (unpaired) electrons. The molecule has 1 fully saturated rings. The molecule has 1 unspecified atom stereocenters. The minimum Gasteiger partial charge on any atom is -0.497 e. The summed E-state index contributed by atoms with van der Waals surface area (Å²) in [6.07, 6.45) is 2.27. The van der Waals surface area contributed by atoms with E-state index in [4.69, 9.17) is 4.74 Å². The lowest BCUT2D eigenvalue weighted by molar-refractivity contribution is -0.120. The number of carbonyl (C=O) groups excluding carboxylic acids is 2. The first-order valence-electron chi connectivity index (χ1n) is 9.75. The second kappa shape index (κ2) is 10.0. The van der Waals surface area contributed by atoms with Crippen LogP contribution in [0.4, 0.5) is 4.39 Å². The Balaban J connectivity index is 1.57. The summed E-state index contributed by atoms with van der Waals surface area (Å²) in [6, 6.07) is 13.3. The Hall–Kier alpha value is -2.93. The molecule has 1 atom stereocenters. The third-order valence-corrected chi connectivity index (χ3v) is 5.05. The van der Waals surface area contributed by atoms with Crippen LogP contribution in [0.25, 0.3) is 0 Å². The number of methoxy groups -OCH3 is 1. The predicted molar refractivity (Wildman–Crippen MR) is 108 cm³/mol. The summed E-state index contributed by atoms with van der Waals surface area (Å²) in [6.45, 7) is 2.23. The summed E-state index contributed by atoms with van der Waals surface area (Å²) in [7, 11) is 1.63. The van der Waals surface area contributed by atoms with Gasteiger partial charge in [0, 0.05) is 12.1 Å². The van der Waals surface area contributed by atoms with Gasteiger partial charge in [0.05, 0.1) is 19.7 Å². The molecule has 1 saturated heterocycles. The summed E-state index contributed by atoms with van der Waals surface area (Å²) in [5.41, 5.74) is 1.26. The van der Waals surface area contributed by atoms with E-state index in [0.717, 1.165) is 43.3 Å². The molecule has 6 nitrogen and oxygen atoms in total. The summed E-state index contributed by atoms with van der Waals surface area (Å²) < 4.78 is 18.6. The fourth-order valence-corrected chi connectivity index (χ4v) is 3.53. The van der Waals surface area contributed by atoms with Crippen molar-refractivity contribution in [3.63, 3.8) is 0 Å². The normalized spacial score (nSPS) is 15.0. The van der Waals surface area contributed by atoms with E-state index < -0.39 is 11.7 Å². The van der Waals surface area contributed by atoms with Crippen molar-refractivity contribution in [1.82, 2.24) is 15.5 Å². The quantitative estimate of drug-likeness (QED) is 0.716. The van der Waals surface area contributed by atoms with E-state index in [1.54, 1.807) is 7.11 Å². The van der Waals surface area contributed by atoms with Gasteiger partial charge in [-0.15, -0.1) is 0 Å². The van der Waals surface area contributed by atoms with Gasteiger partial charge < -0.3 is 15.4 Å². The highest BCUT2D eigenvalue weighted by molar-refractivity contribution is 5.96. The van der Waals surface area contributed by atoms with E-state index in [1.165, 1.54) is 18.2 Å². The van der Waals surface area contributed by atoms with E-state index in [9.17, 15) is 14.0 Å². The first-order valence-corrected chi connectivity index (χ1v) is 9.75. The largest absolute Gasteiger partial charge is 0.497 e. The lowest BCUT2D eigenvalue weighted by Gasteiger charge is -2.28. The number of amides is 2. The summed E-state index contributed by atoms with van der Waals surface area (Å²) >= 11 is 0. The molecule has 0 spiro atoms. The molecule has 7 heteroatoms. The second-order valence-electron chi connectivity index (χ2n) is 7.03. The number of nitrogens with zero attached hydrogens (tertiary/aromatic N) is 1. The molecule has 0 aliphatic carbocycles. The SMILES string of the molecule is COc1cccc(C(CNC(=O)CNC(=O)c2cccc(F)c2)N2CCCC2)c1. The number of hydrogen-bond donors (Lipinski definition) is 2. The van der Waals surface area contributed by atoms with E-state index in [-0.39, 0.29) is 24.1 Å². The van der Waals surface area contributed by atoms with Gasteiger partial charge in [-0.05, 0) is 61.8 Å². The third kappa shape index (κ3) is 5.77. The van der Waals surface area contributed by atoms with Crippen LogP contribution in [-0.2, 0) is 4.79 Å². The molecule has 0 bridgehead atoms. The van der Waals surface area contributed by atoms with Gasteiger partial charge in [-0.1, -0.05) is 18.2 Å². The molecule has 2 aromatic carbocycles. The smallest absolute Gasteiger partial charge is 0.251 e. The van der Waals surface area contributed by atoms with Crippen molar-refractivity contribution in [3.8, 4) is 5.75 Å². The number of carbonyl (C=O) groups is 2. The van der Waals surface area contributed by atoms with Crippen molar-refractivity contribution < 1.29 is 18.7 Å². The minimum absolute atomic E-state index is 0.0375. The number of rotatable bonds is 8. The zero-order chi connectivity index (χ0) is 20.6. The third-order valence-electron chi connectivity index (χ3n) is 5.05. The zero-order valence-electron chi connectivity index (χ0n) is 16.5. The minimum atomic E-state index is -0.492. The highest BCUT2D eigenvalue weighted by Crippen LogP contribution is 2.27. The molecule has 1 heterocycles. The van der Waals surface area contributed by atoms with Crippen LogP contribution in [0.3, 0.4) is 0 Å². The van der Waals surface area contributed by atoms with Gasteiger partial charge in [0.2, 0.25) is 5.91 Å². The monoisotopic (exact) mass is 399 g/mol. The standard InChI is InChI=1S/C22H26FN3O3/c1-29-19-9-5-6-16(13-19)20(26-10-2-3-11-26)14-24-21(27)15-25-22(28)17-7-4-8-18(23)12-17/h4-9,12-13,20H,2-3,10-11,14-15H2,1H3,(H,24,27)(H,25,28). The molecule has 2 aromatic rings. The Kier molecular flexibility index (Phi) is 7.19. The van der Waals surface area contributed by atoms with Crippen molar-refractivity contribution in [2.75, 3.05) is 33.3 Å². The highest BCUT2D eigenvalue weighted by Gasteiger charge is 2.24. The Labute approximate surface area is 170 Å². The molecule has 0 aromatic heterocycles. The van der Waals surface area contributed by atoms with Crippen molar-refractivity contribution in [1.29, 1.82) is 0 Å². The first kappa shape index (κ1) is 20.8. The molecule has 0 saturated carbocycles. The van der Waals surface area contributed by atoms with Crippen molar-refractivity contribution in [2.45, 2.75) is 18.9 Å². The van der Waals surface area contributed by atoms with Gasteiger partial charge in [0.15, 0.2) is 0 Å². The molecule has 1 aliphatic rings. The average molecular weight is 399 g/mol. The number of ether oxygens (including phenoxy) is 1. The molecule has 154 valence electrons. The number of benzene rings is 2. The number of nitrogens with one attached hydrogen (secondary N) is 2. The summed E-state index contributed by atoms with van der Waals surface area (Å²) in [5.74, 6) is -0.486. The number of halogens is 1. The molecule has 2 amide bonds. The fourth-order valence-electron chi connectivity index (χ4n) is 3.53. The molecule has 1 aliphatic heterocycles. The maximum Gasteiger partial charge on any atom is 0.251 e. The van der Waals surface area contributed by atoms with Crippen LogP contribution in [-0.4, -0.2) is 50.0 Å². The lowest BCUT2D eigenvalue weighted by Crippen LogP contribution is -2.41. The van der Waals surface area contributed by atoms with Crippen LogP contribution in [0.1, 0.15) is 34.8 Å². The molecular formula is C22H26FN3O3. The number of hydrogen-bond acceptors (Lipinski definition) is 4. The summed E-state index contributed by atoms with van der Waals surface area (Å²) in [4.78, 5) is 26.7. The van der Waals surface area contributed by atoms with Gasteiger partial charge in [-0.2, -0.15) is 0 Å². The van der Waals surface area contributed by atoms with Gasteiger partial charge in [0.1, 0.15) is 11.6 Å². The Morgan fingerprint density at radius 2 is 1.86 bits per heavy atom. The Morgan fingerprint density at radius 1 is 1.10 bits per heavy atom. The van der Waals surface area contributed by atoms with Crippen molar-refractivity contribution in [2.24, 2.45) is 0 Å². The fraction of sp³-hybridized carbons (Fsp3) is 0.364. The van der Waals surface area contributed by atoms with Crippen LogP contribution in [0, 0.1) is 5.82 Å². The van der Waals surface area contributed by atoms with Crippen LogP contribution in [0.15, 0.2) is 48.5 Å². The van der Waals surface area contributed by atoms with Crippen LogP contribution in [0.2, 0.25) is 0 Å². The lowest BCUT2D eigenvalue weighted by atomic mass is 10.0. The van der Waals surface area contributed by atoms with Gasteiger partial charge in [-0.3, -0.25) is 14.5 Å². The van der Waals surface area contributed by atoms with Crippen molar-refractivity contribution in [3.05, 3.63) is 65.5 Å². The Morgan fingerprint density at radius 3 is 2.59 bits per heavy atom. The Bertz CT molecular complexity index is 853. The number of likely N-dealkylation sites (tertiary alicyclic amines) is 1. The zero-order valence-corrected chi connectivity index (χ0v) is 16.5. The van der Waals surface area contributed by atoms with Gasteiger partial charge >= 0.3 is 0 Å². The first-order chi connectivity index (χ1) is 14.1. The molecular weight excluding hydrogens is 373 g/mol. The van der Waals surface area contributed by atoms with Crippen LogP contribution >= 0.6 is 0 Å². The van der Waals surface area contributed by atoms with Crippen molar-refractivity contribution >= 4 is 11.8 Å². The topological polar surface area (TPSA) is 70.7 Å². The second-order valence-corrected chi connectivity index (χ2v) is 7.03. The van der Waals surface area contributed by atoms with Gasteiger partial charge in [0.25, 0.3) is 5.91 Å². The molecule has 29 heavy (non-hydrogen) atoms. The average Bonchev–Trinajstić information content (AvgIpc) is 3.27. The van der Waals surface area contributed by atoms with Crippen LogP contribution in [0.5, 0.6) is 5.75 Å².